The summed E-state index contributed by atoms with van der Waals surface area (Å²) in [5, 5.41) is 0.624. The average Bonchev–Trinajstić information content (AvgIpc) is 2.70. The van der Waals surface area contributed by atoms with Crippen molar-refractivity contribution >= 4 is 17.7 Å². The molecule has 6 heteroatoms. The first kappa shape index (κ1) is 17.1. The molecule has 5 nitrogen and oxygen atoms in total. The van der Waals surface area contributed by atoms with E-state index in [1.807, 2.05) is 18.1 Å². The van der Waals surface area contributed by atoms with Gasteiger partial charge in [0.25, 0.3) is 5.56 Å². The minimum atomic E-state index is -0.117. The Hall–Kier alpha value is -1.30. The van der Waals surface area contributed by atoms with E-state index in [1.165, 1.54) is 18.2 Å². The van der Waals surface area contributed by atoms with Gasteiger partial charge in [-0.2, -0.15) is 0 Å². The van der Waals surface area contributed by atoms with Crippen LogP contribution in [-0.4, -0.2) is 40.1 Å². The summed E-state index contributed by atoms with van der Waals surface area (Å²) in [7, 11) is 0. The van der Waals surface area contributed by atoms with Gasteiger partial charge in [0.15, 0.2) is 5.16 Å². The van der Waals surface area contributed by atoms with Gasteiger partial charge in [-0.05, 0) is 44.8 Å². The number of hydrogen-bond acceptors (Lipinski definition) is 4. The number of amides is 1. The van der Waals surface area contributed by atoms with E-state index in [2.05, 4.69) is 16.9 Å². The van der Waals surface area contributed by atoms with Crippen molar-refractivity contribution < 1.29 is 4.79 Å². The number of carbonyl (C=O) groups is 1. The predicted molar refractivity (Wildman–Crippen MR) is 89.3 cm³/mol. The first-order chi connectivity index (χ1) is 10.5. The van der Waals surface area contributed by atoms with Crippen LogP contribution < -0.4 is 5.56 Å². The Morgan fingerprint density at radius 1 is 1.41 bits per heavy atom. The van der Waals surface area contributed by atoms with Crippen molar-refractivity contribution in [1.82, 2.24) is 14.9 Å². The lowest BCUT2D eigenvalue weighted by molar-refractivity contribution is -0.131. The van der Waals surface area contributed by atoms with Crippen molar-refractivity contribution in [2.75, 3.05) is 19.3 Å². The fraction of sp³-hybridized carbons (Fsp3) is 0.688. The van der Waals surface area contributed by atoms with Gasteiger partial charge in [-0.1, -0.05) is 18.7 Å². The fourth-order valence-corrected chi connectivity index (χ4v) is 3.30. The summed E-state index contributed by atoms with van der Waals surface area (Å²) in [5.41, 5.74) is 1.24. The van der Waals surface area contributed by atoms with Gasteiger partial charge in [0.1, 0.15) is 0 Å². The topological polar surface area (TPSA) is 66.1 Å². The molecule has 1 aliphatic rings. The molecular weight excluding hydrogens is 298 g/mol. The Balaban J connectivity index is 1.98. The molecule has 2 rings (SSSR count). The van der Waals surface area contributed by atoms with Crippen LogP contribution in [-0.2, 0) is 11.2 Å². The Bertz CT molecular complexity index is 585. The standard InChI is InChI=1S/C16H25N3O2S/c1-11-5-4-9-19(10-8-11)14(20)7-6-13-12(2)17-16(22-3)18-15(13)21/h11H,4-10H2,1-3H3,(H,17,18,21)/t11-/m0/s1. The third kappa shape index (κ3) is 4.35. The van der Waals surface area contributed by atoms with Gasteiger partial charge in [0.2, 0.25) is 5.91 Å². The van der Waals surface area contributed by atoms with Crippen LogP contribution in [0.5, 0.6) is 0 Å². The van der Waals surface area contributed by atoms with Crippen molar-refractivity contribution in [3.8, 4) is 0 Å². The monoisotopic (exact) mass is 323 g/mol. The lowest BCUT2D eigenvalue weighted by atomic mass is 10.0. The van der Waals surface area contributed by atoms with E-state index in [1.54, 1.807) is 0 Å². The smallest absolute Gasteiger partial charge is 0.254 e. The predicted octanol–water partition coefficient (Wildman–Crippen LogP) is 2.38. The van der Waals surface area contributed by atoms with Crippen LogP contribution in [0.4, 0.5) is 0 Å². The highest BCUT2D eigenvalue weighted by Gasteiger charge is 2.19. The van der Waals surface area contributed by atoms with E-state index in [0.717, 1.165) is 31.6 Å². The summed E-state index contributed by atoms with van der Waals surface area (Å²) < 4.78 is 0. The van der Waals surface area contributed by atoms with Crippen LogP contribution in [0.2, 0.25) is 0 Å². The Labute approximate surface area is 135 Å². The molecule has 122 valence electrons. The molecule has 0 aromatic carbocycles. The van der Waals surface area contributed by atoms with Gasteiger partial charge in [-0.3, -0.25) is 9.59 Å². The largest absolute Gasteiger partial charge is 0.343 e. The van der Waals surface area contributed by atoms with Gasteiger partial charge >= 0.3 is 0 Å². The van der Waals surface area contributed by atoms with E-state index in [0.29, 0.717) is 29.5 Å². The van der Waals surface area contributed by atoms with Gasteiger partial charge in [-0.15, -0.1) is 0 Å². The number of rotatable bonds is 4. The summed E-state index contributed by atoms with van der Waals surface area (Å²) in [5.74, 6) is 0.855. The number of aryl methyl sites for hydroxylation is 1. The molecule has 1 amide bonds. The molecule has 1 fully saturated rings. The summed E-state index contributed by atoms with van der Waals surface area (Å²) in [4.78, 5) is 33.5. The normalized spacial score (nSPS) is 19.0. The number of H-pyrrole nitrogens is 1. The van der Waals surface area contributed by atoms with Crippen LogP contribution in [0, 0.1) is 12.8 Å². The molecule has 0 unspecified atom stereocenters. The fourth-order valence-electron chi connectivity index (χ4n) is 2.88. The van der Waals surface area contributed by atoms with E-state index in [9.17, 15) is 9.59 Å². The first-order valence-corrected chi connectivity index (χ1v) is 9.15. The number of aromatic amines is 1. The SMILES string of the molecule is CSc1nc(C)c(CCC(=O)N2CCC[C@H](C)CC2)c(=O)[nH]1. The second kappa shape index (κ2) is 7.81. The highest BCUT2D eigenvalue weighted by molar-refractivity contribution is 7.98. The molecule has 0 spiro atoms. The second-order valence-corrected chi connectivity index (χ2v) is 6.85. The van der Waals surface area contributed by atoms with Gasteiger partial charge in [0.05, 0.1) is 0 Å². The maximum absolute atomic E-state index is 12.4. The molecule has 1 N–H and O–H groups in total. The molecule has 1 saturated heterocycles. The molecule has 1 aliphatic heterocycles. The van der Waals surface area contributed by atoms with Crippen LogP contribution in [0.1, 0.15) is 43.9 Å². The summed E-state index contributed by atoms with van der Waals surface area (Å²) in [6.45, 7) is 5.78. The first-order valence-electron chi connectivity index (χ1n) is 7.92. The Morgan fingerprint density at radius 2 is 2.18 bits per heavy atom. The zero-order valence-electron chi connectivity index (χ0n) is 13.6. The molecule has 22 heavy (non-hydrogen) atoms. The summed E-state index contributed by atoms with van der Waals surface area (Å²) in [6.07, 6.45) is 6.09. The minimum Gasteiger partial charge on any atom is -0.343 e. The quantitative estimate of drug-likeness (QED) is 0.682. The highest BCUT2D eigenvalue weighted by Crippen LogP contribution is 2.17. The van der Waals surface area contributed by atoms with E-state index >= 15 is 0 Å². The molecular formula is C16H25N3O2S. The van der Waals surface area contributed by atoms with Crippen molar-refractivity contribution in [1.29, 1.82) is 0 Å². The zero-order chi connectivity index (χ0) is 16.1. The lowest BCUT2D eigenvalue weighted by Crippen LogP contribution is -2.32. The van der Waals surface area contributed by atoms with Crippen LogP contribution in [0.25, 0.3) is 0 Å². The maximum Gasteiger partial charge on any atom is 0.254 e. The molecule has 2 heterocycles. The van der Waals surface area contributed by atoms with Gasteiger partial charge in [0, 0.05) is 30.8 Å². The number of thioether (sulfide) groups is 1. The highest BCUT2D eigenvalue weighted by atomic mass is 32.2. The third-order valence-corrected chi connectivity index (χ3v) is 4.93. The number of hydrogen-bond donors (Lipinski definition) is 1. The number of likely N-dealkylation sites (tertiary alicyclic amines) is 1. The van der Waals surface area contributed by atoms with Crippen molar-refractivity contribution in [3.63, 3.8) is 0 Å². The Morgan fingerprint density at radius 3 is 2.86 bits per heavy atom. The van der Waals surface area contributed by atoms with E-state index in [4.69, 9.17) is 0 Å². The number of aromatic nitrogens is 2. The van der Waals surface area contributed by atoms with Crippen LogP contribution in [0.3, 0.4) is 0 Å². The zero-order valence-corrected chi connectivity index (χ0v) is 14.5. The molecule has 1 aromatic rings. The minimum absolute atomic E-state index is 0.117. The molecule has 0 saturated carbocycles. The third-order valence-electron chi connectivity index (χ3n) is 4.35. The molecule has 0 aliphatic carbocycles. The number of nitrogens with zero attached hydrogens (tertiary/aromatic N) is 2. The molecule has 0 bridgehead atoms. The van der Waals surface area contributed by atoms with Crippen molar-refractivity contribution in [3.05, 3.63) is 21.6 Å². The number of nitrogens with one attached hydrogen (secondary N) is 1. The Kier molecular flexibility index (Phi) is 6.06. The van der Waals surface area contributed by atoms with Crippen molar-refractivity contribution in [2.45, 2.75) is 51.1 Å². The van der Waals surface area contributed by atoms with Gasteiger partial charge < -0.3 is 9.88 Å². The molecule has 1 aromatic heterocycles. The molecule has 0 radical (unpaired) electrons. The lowest BCUT2D eigenvalue weighted by Gasteiger charge is -2.20. The molecule has 1 atom stereocenters. The van der Waals surface area contributed by atoms with Crippen molar-refractivity contribution in [2.24, 2.45) is 5.92 Å². The van der Waals surface area contributed by atoms with Gasteiger partial charge in [-0.25, -0.2) is 4.98 Å². The van der Waals surface area contributed by atoms with Crippen LogP contribution in [0.15, 0.2) is 9.95 Å². The van der Waals surface area contributed by atoms with E-state index < -0.39 is 0 Å². The number of carbonyl (C=O) groups excluding carboxylic acids is 1. The van der Waals surface area contributed by atoms with Crippen LogP contribution >= 0.6 is 11.8 Å². The summed E-state index contributed by atoms with van der Waals surface area (Å²) in [6, 6.07) is 0. The van der Waals surface area contributed by atoms with E-state index in [-0.39, 0.29) is 11.5 Å². The summed E-state index contributed by atoms with van der Waals surface area (Å²) >= 11 is 1.41. The second-order valence-electron chi connectivity index (χ2n) is 6.06. The average molecular weight is 323 g/mol. The maximum atomic E-state index is 12.4.